The molecule has 1 aliphatic heterocycles. The SMILES string of the molecule is NC1(CC2COc3cccc(-c4ccc(Cl)cc4Cl)c3O2)CCC1. The van der Waals surface area contributed by atoms with Gasteiger partial charge in [-0.1, -0.05) is 41.4 Å². The minimum atomic E-state index is -0.0988. The van der Waals surface area contributed by atoms with Gasteiger partial charge in [0.05, 0.1) is 5.02 Å². The van der Waals surface area contributed by atoms with E-state index in [9.17, 15) is 0 Å². The van der Waals surface area contributed by atoms with Crippen LogP contribution in [-0.4, -0.2) is 18.2 Å². The van der Waals surface area contributed by atoms with E-state index < -0.39 is 0 Å². The van der Waals surface area contributed by atoms with Crippen LogP contribution < -0.4 is 15.2 Å². The fourth-order valence-corrected chi connectivity index (χ4v) is 3.95. The Hall–Kier alpha value is -1.42. The number of ether oxygens (including phenoxy) is 2. The van der Waals surface area contributed by atoms with Crippen LogP contribution in [0.5, 0.6) is 11.5 Å². The Morgan fingerprint density at radius 3 is 2.67 bits per heavy atom. The molecular weight excluding hydrogens is 345 g/mol. The third kappa shape index (κ3) is 2.97. The highest BCUT2D eigenvalue weighted by molar-refractivity contribution is 6.36. The Bertz CT molecular complexity index is 774. The molecule has 1 fully saturated rings. The second-order valence-corrected chi connectivity index (χ2v) is 7.57. The molecule has 3 nitrogen and oxygen atoms in total. The molecule has 0 aromatic heterocycles. The van der Waals surface area contributed by atoms with Gasteiger partial charge < -0.3 is 15.2 Å². The van der Waals surface area contributed by atoms with Gasteiger partial charge >= 0.3 is 0 Å². The van der Waals surface area contributed by atoms with Crippen molar-refractivity contribution in [2.24, 2.45) is 5.73 Å². The standard InChI is InChI=1S/C19H19Cl2NO2/c20-12-5-6-14(16(21)9-12)15-3-1-4-17-18(15)24-13(11-23-17)10-19(22)7-2-8-19/h1,3-6,9,13H,2,7-8,10-11,22H2. The van der Waals surface area contributed by atoms with Gasteiger partial charge in [0.2, 0.25) is 0 Å². The van der Waals surface area contributed by atoms with Gasteiger partial charge in [0, 0.05) is 28.1 Å². The number of rotatable bonds is 3. The number of nitrogens with two attached hydrogens (primary N) is 1. The van der Waals surface area contributed by atoms with Crippen LogP contribution in [0.2, 0.25) is 10.0 Å². The number of para-hydroxylation sites is 1. The summed E-state index contributed by atoms with van der Waals surface area (Å²) in [5, 5.41) is 1.20. The lowest BCUT2D eigenvalue weighted by molar-refractivity contribution is 0.0508. The predicted molar refractivity (Wildman–Crippen MR) is 97.2 cm³/mol. The molecule has 1 atom stereocenters. The molecule has 5 heteroatoms. The van der Waals surface area contributed by atoms with Crippen LogP contribution in [0.3, 0.4) is 0 Å². The highest BCUT2D eigenvalue weighted by atomic mass is 35.5. The summed E-state index contributed by atoms with van der Waals surface area (Å²) in [7, 11) is 0. The Morgan fingerprint density at radius 1 is 1.12 bits per heavy atom. The molecule has 1 saturated carbocycles. The average Bonchev–Trinajstić information content (AvgIpc) is 2.53. The Morgan fingerprint density at radius 2 is 1.96 bits per heavy atom. The van der Waals surface area contributed by atoms with Crippen molar-refractivity contribution >= 4 is 23.2 Å². The average molecular weight is 364 g/mol. The van der Waals surface area contributed by atoms with Crippen LogP contribution in [0.1, 0.15) is 25.7 Å². The predicted octanol–water partition coefficient (Wildman–Crippen LogP) is 5.07. The minimum absolute atomic E-state index is 0.0324. The van der Waals surface area contributed by atoms with Crippen LogP contribution in [0.4, 0.5) is 0 Å². The van der Waals surface area contributed by atoms with Gasteiger partial charge in [-0.3, -0.25) is 0 Å². The van der Waals surface area contributed by atoms with Gasteiger partial charge in [0.1, 0.15) is 12.7 Å². The maximum absolute atomic E-state index is 6.38. The van der Waals surface area contributed by atoms with Crippen molar-refractivity contribution < 1.29 is 9.47 Å². The Balaban J connectivity index is 1.66. The monoisotopic (exact) mass is 363 g/mol. The van der Waals surface area contributed by atoms with E-state index in [1.54, 1.807) is 6.07 Å². The van der Waals surface area contributed by atoms with E-state index in [4.69, 9.17) is 38.4 Å². The van der Waals surface area contributed by atoms with Crippen molar-refractivity contribution in [3.05, 3.63) is 46.4 Å². The zero-order valence-electron chi connectivity index (χ0n) is 13.2. The highest BCUT2D eigenvalue weighted by Crippen LogP contribution is 2.45. The second-order valence-electron chi connectivity index (χ2n) is 6.73. The van der Waals surface area contributed by atoms with Crippen LogP contribution in [0, 0.1) is 0 Å². The molecule has 1 unspecified atom stereocenters. The van der Waals surface area contributed by atoms with Crippen molar-refractivity contribution in [2.45, 2.75) is 37.3 Å². The quantitative estimate of drug-likeness (QED) is 0.827. The fraction of sp³-hybridized carbons (Fsp3) is 0.368. The van der Waals surface area contributed by atoms with Gasteiger partial charge in [-0.25, -0.2) is 0 Å². The summed E-state index contributed by atoms with van der Waals surface area (Å²) in [5.74, 6) is 1.48. The summed E-state index contributed by atoms with van der Waals surface area (Å²) >= 11 is 12.4. The smallest absolute Gasteiger partial charge is 0.169 e. The van der Waals surface area contributed by atoms with E-state index in [-0.39, 0.29) is 11.6 Å². The van der Waals surface area contributed by atoms with E-state index in [0.717, 1.165) is 41.9 Å². The molecule has 24 heavy (non-hydrogen) atoms. The van der Waals surface area contributed by atoms with E-state index in [1.807, 2.05) is 30.3 Å². The Labute approximate surface area is 151 Å². The van der Waals surface area contributed by atoms with E-state index in [2.05, 4.69) is 0 Å². The lowest BCUT2D eigenvalue weighted by Gasteiger charge is -2.41. The van der Waals surface area contributed by atoms with Crippen LogP contribution in [-0.2, 0) is 0 Å². The molecule has 0 spiro atoms. The van der Waals surface area contributed by atoms with Crippen molar-refractivity contribution in [1.82, 2.24) is 0 Å². The van der Waals surface area contributed by atoms with Crippen LogP contribution >= 0.6 is 23.2 Å². The van der Waals surface area contributed by atoms with Crippen LogP contribution in [0.15, 0.2) is 36.4 Å². The third-order valence-electron chi connectivity index (χ3n) is 4.89. The second kappa shape index (κ2) is 6.14. The molecule has 126 valence electrons. The first-order chi connectivity index (χ1) is 11.5. The summed E-state index contributed by atoms with van der Waals surface area (Å²) in [6, 6.07) is 11.3. The molecule has 0 radical (unpaired) electrons. The first kappa shape index (κ1) is 16.1. The fourth-order valence-electron chi connectivity index (χ4n) is 3.44. The summed E-state index contributed by atoms with van der Waals surface area (Å²) in [6.45, 7) is 0.532. The van der Waals surface area contributed by atoms with E-state index in [0.29, 0.717) is 16.7 Å². The van der Waals surface area contributed by atoms with Crippen molar-refractivity contribution in [2.75, 3.05) is 6.61 Å². The number of halogens is 2. The molecular formula is C19H19Cl2NO2. The topological polar surface area (TPSA) is 44.5 Å². The number of fused-ring (bicyclic) bond motifs is 1. The molecule has 1 aliphatic carbocycles. The van der Waals surface area contributed by atoms with Crippen LogP contribution in [0.25, 0.3) is 11.1 Å². The third-order valence-corrected chi connectivity index (χ3v) is 5.44. The number of hydrogen-bond donors (Lipinski definition) is 1. The summed E-state index contributed by atoms with van der Waals surface area (Å²) < 4.78 is 12.2. The lowest BCUT2D eigenvalue weighted by atomic mass is 9.74. The first-order valence-corrected chi connectivity index (χ1v) is 8.96. The van der Waals surface area contributed by atoms with E-state index >= 15 is 0 Å². The summed E-state index contributed by atoms with van der Waals surface area (Å²) in [4.78, 5) is 0. The maximum atomic E-state index is 6.38. The zero-order chi connectivity index (χ0) is 16.7. The zero-order valence-corrected chi connectivity index (χ0v) is 14.7. The van der Waals surface area contributed by atoms with Gasteiger partial charge in [0.15, 0.2) is 11.5 Å². The van der Waals surface area contributed by atoms with Gasteiger partial charge in [-0.2, -0.15) is 0 Å². The molecule has 0 bridgehead atoms. The molecule has 4 rings (SSSR count). The molecule has 2 aromatic rings. The number of benzene rings is 2. The molecule has 2 aromatic carbocycles. The number of hydrogen-bond acceptors (Lipinski definition) is 3. The van der Waals surface area contributed by atoms with E-state index in [1.165, 1.54) is 6.42 Å². The van der Waals surface area contributed by atoms with Crippen molar-refractivity contribution in [3.63, 3.8) is 0 Å². The van der Waals surface area contributed by atoms with Gasteiger partial charge in [-0.05, 0) is 37.5 Å². The first-order valence-electron chi connectivity index (χ1n) is 8.21. The Kier molecular flexibility index (Phi) is 4.11. The molecule has 2 aliphatic rings. The maximum Gasteiger partial charge on any atom is 0.169 e. The van der Waals surface area contributed by atoms with Gasteiger partial charge in [0.25, 0.3) is 0 Å². The minimum Gasteiger partial charge on any atom is -0.486 e. The normalized spacial score (nSPS) is 21.2. The molecule has 1 heterocycles. The lowest BCUT2D eigenvalue weighted by Crippen LogP contribution is -2.51. The van der Waals surface area contributed by atoms with Crippen molar-refractivity contribution in [3.8, 4) is 22.6 Å². The largest absolute Gasteiger partial charge is 0.486 e. The molecule has 0 saturated heterocycles. The molecule has 2 N–H and O–H groups in total. The summed E-state index contributed by atoms with van der Waals surface area (Å²) in [5.41, 5.74) is 8.07. The van der Waals surface area contributed by atoms with Crippen molar-refractivity contribution in [1.29, 1.82) is 0 Å². The summed E-state index contributed by atoms with van der Waals surface area (Å²) in [6.07, 6.45) is 4.10. The molecule has 0 amide bonds. The van der Waals surface area contributed by atoms with Gasteiger partial charge in [-0.15, -0.1) is 0 Å². The highest BCUT2D eigenvalue weighted by Gasteiger charge is 2.37.